The van der Waals surface area contributed by atoms with Crippen molar-refractivity contribution in [3.8, 4) is 0 Å². The standard InChI is InChI=1S/C24H26FN5OS/c1-17-7-8-18(2)21(15-17)29-11-13-30(14-12-29)23-24(27-10-9-26-23)32-16-22(31)28-20-6-4-3-5-19(20)25/h3-10,15H,11-14,16H2,1-2H3,(H,28,31). The van der Waals surface area contributed by atoms with Gasteiger partial charge in [0.1, 0.15) is 10.8 Å². The largest absolute Gasteiger partial charge is 0.368 e. The van der Waals surface area contributed by atoms with Crippen LogP contribution in [0.15, 0.2) is 59.9 Å². The molecule has 32 heavy (non-hydrogen) atoms. The molecule has 166 valence electrons. The Bertz CT molecular complexity index is 1100. The Morgan fingerprint density at radius 2 is 1.75 bits per heavy atom. The second-order valence-corrected chi connectivity index (χ2v) is 8.73. The summed E-state index contributed by atoms with van der Waals surface area (Å²) in [7, 11) is 0. The van der Waals surface area contributed by atoms with Crippen LogP contribution in [0.25, 0.3) is 0 Å². The Morgan fingerprint density at radius 1 is 1.03 bits per heavy atom. The minimum atomic E-state index is -0.451. The van der Waals surface area contributed by atoms with Gasteiger partial charge < -0.3 is 15.1 Å². The van der Waals surface area contributed by atoms with Crippen molar-refractivity contribution in [3.05, 3.63) is 71.8 Å². The molecule has 0 bridgehead atoms. The zero-order valence-electron chi connectivity index (χ0n) is 18.2. The van der Waals surface area contributed by atoms with E-state index in [0.29, 0.717) is 5.03 Å². The second kappa shape index (κ2) is 9.99. The lowest BCUT2D eigenvalue weighted by Gasteiger charge is -2.37. The molecule has 0 saturated carbocycles. The van der Waals surface area contributed by atoms with E-state index in [4.69, 9.17) is 0 Å². The molecule has 1 aromatic heterocycles. The molecule has 0 aliphatic carbocycles. The van der Waals surface area contributed by atoms with Gasteiger partial charge in [-0.2, -0.15) is 0 Å². The minimum absolute atomic E-state index is 0.127. The van der Waals surface area contributed by atoms with Crippen LogP contribution in [-0.2, 0) is 4.79 Å². The van der Waals surface area contributed by atoms with Crippen LogP contribution in [0.4, 0.5) is 21.6 Å². The quantitative estimate of drug-likeness (QED) is 0.564. The fraction of sp³-hybridized carbons (Fsp3) is 0.292. The minimum Gasteiger partial charge on any atom is -0.368 e. The number of piperazine rings is 1. The summed E-state index contributed by atoms with van der Waals surface area (Å²) in [6.07, 6.45) is 3.31. The van der Waals surface area contributed by atoms with E-state index in [0.717, 1.165) is 32.0 Å². The number of halogens is 1. The number of para-hydroxylation sites is 1. The first-order valence-corrected chi connectivity index (χ1v) is 11.5. The van der Waals surface area contributed by atoms with Crippen molar-refractivity contribution in [2.45, 2.75) is 18.9 Å². The smallest absolute Gasteiger partial charge is 0.234 e. The summed E-state index contributed by atoms with van der Waals surface area (Å²) in [6, 6.07) is 12.7. The Hall–Kier alpha value is -3.13. The fourth-order valence-electron chi connectivity index (χ4n) is 3.74. The summed E-state index contributed by atoms with van der Waals surface area (Å²) in [5.74, 6) is 0.184. The van der Waals surface area contributed by atoms with Gasteiger partial charge in [-0.15, -0.1) is 0 Å². The number of aryl methyl sites for hydroxylation is 2. The van der Waals surface area contributed by atoms with Crippen molar-refractivity contribution in [1.82, 2.24) is 9.97 Å². The SMILES string of the molecule is Cc1ccc(C)c(N2CCN(c3nccnc3SCC(=O)Nc3ccccc3F)CC2)c1. The molecule has 1 aliphatic rings. The third-order valence-corrected chi connectivity index (χ3v) is 6.39. The van der Waals surface area contributed by atoms with Gasteiger partial charge in [-0.05, 0) is 43.2 Å². The molecule has 0 atom stereocenters. The highest BCUT2D eigenvalue weighted by molar-refractivity contribution is 8.00. The number of amides is 1. The number of nitrogens with one attached hydrogen (secondary N) is 1. The fourth-order valence-corrected chi connectivity index (χ4v) is 4.52. The van der Waals surface area contributed by atoms with Gasteiger partial charge in [0.25, 0.3) is 0 Å². The Morgan fingerprint density at radius 3 is 2.53 bits per heavy atom. The zero-order chi connectivity index (χ0) is 22.5. The maximum absolute atomic E-state index is 13.8. The van der Waals surface area contributed by atoms with Crippen molar-refractivity contribution < 1.29 is 9.18 Å². The molecule has 1 aliphatic heterocycles. The summed E-state index contributed by atoms with van der Waals surface area (Å²) >= 11 is 1.31. The van der Waals surface area contributed by atoms with E-state index in [2.05, 4.69) is 57.1 Å². The van der Waals surface area contributed by atoms with Gasteiger partial charge in [-0.25, -0.2) is 14.4 Å². The maximum Gasteiger partial charge on any atom is 0.234 e. The molecule has 6 nitrogen and oxygen atoms in total. The number of carbonyl (C=O) groups is 1. The molecule has 1 saturated heterocycles. The van der Waals surface area contributed by atoms with Gasteiger partial charge in [0.15, 0.2) is 5.82 Å². The van der Waals surface area contributed by atoms with Crippen molar-refractivity contribution in [1.29, 1.82) is 0 Å². The van der Waals surface area contributed by atoms with E-state index in [1.165, 1.54) is 34.6 Å². The first kappa shape index (κ1) is 22.1. The van der Waals surface area contributed by atoms with Gasteiger partial charge in [0.2, 0.25) is 5.91 Å². The molecular weight excluding hydrogens is 425 g/mol. The molecule has 1 amide bonds. The lowest BCUT2D eigenvalue weighted by Crippen LogP contribution is -2.47. The number of carbonyl (C=O) groups excluding carboxylic acids is 1. The monoisotopic (exact) mass is 451 g/mol. The molecule has 3 aromatic rings. The lowest BCUT2D eigenvalue weighted by molar-refractivity contribution is -0.113. The topological polar surface area (TPSA) is 61.4 Å². The van der Waals surface area contributed by atoms with E-state index >= 15 is 0 Å². The third kappa shape index (κ3) is 5.19. The van der Waals surface area contributed by atoms with Crippen molar-refractivity contribution in [2.24, 2.45) is 0 Å². The van der Waals surface area contributed by atoms with Crippen molar-refractivity contribution >= 4 is 34.9 Å². The molecule has 1 N–H and O–H groups in total. The van der Waals surface area contributed by atoms with Crippen LogP contribution in [0.1, 0.15) is 11.1 Å². The number of aromatic nitrogens is 2. The lowest BCUT2D eigenvalue weighted by atomic mass is 10.1. The number of benzene rings is 2. The van der Waals surface area contributed by atoms with Crippen LogP contribution >= 0.6 is 11.8 Å². The molecule has 0 radical (unpaired) electrons. The van der Waals surface area contributed by atoms with Crippen molar-refractivity contribution in [2.75, 3.05) is 47.0 Å². The number of thioether (sulfide) groups is 1. The predicted molar refractivity (Wildman–Crippen MR) is 128 cm³/mol. The first-order chi connectivity index (χ1) is 15.5. The average Bonchev–Trinajstić information content (AvgIpc) is 2.81. The maximum atomic E-state index is 13.8. The first-order valence-electron chi connectivity index (χ1n) is 10.6. The predicted octanol–water partition coefficient (Wildman–Crippen LogP) is 4.29. The summed E-state index contributed by atoms with van der Waals surface area (Å²) in [5, 5.41) is 3.31. The molecule has 0 unspecified atom stereocenters. The number of nitrogens with zero attached hydrogens (tertiary/aromatic N) is 4. The highest BCUT2D eigenvalue weighted by Crippen LogP contribution is 2.29. The highest BCUT2D eigenvalue weighted by atomic mass is 32.2. The number of hydrogen-bond acceptors (Lipinski definition) is 6. The third-order valence-electron chi connectivity index (χ3n) is 5.42. The van der Waals surface area contributed by atoms with E-state index in [1.54, 1.807) is 30.6 Å². The van der Waals surface area contributed by atoms with Crippen LogP contribution < -0.4 is 15.1 Å². The number of anilines is 3. The van der Waals surface area contributed by atoms with E-state index in [-0.39, 0.29) is 17.3 Å². The Kier molecular flexibility index (Phi) is 6.90. The Balaban J connectivity index is 1.38. The van der Waals surface area contributed by atoms with Gasteiger partial charge in [-0.1, -0.05) is 36.0 Å². The van der Waals surface area contributed by atoms with Crippen molar-refractivity contribution in [3.63, 3.8) is 0 Å². The molecular formula is C24H26FN5OS. The second-order valence-electron chi connectivity index (χ2n) is 7.77. The van der Waals surface area contributed by atoms with Crippen LogP contribution in [0, 0.1) is 19.7 Å². The Labute approximate surface area is 191 Å². The van der Waals surface area contributed by atoms with E-state index in [9.17, 15) is 9.18 Å². The van der Waals surface area contributed by atoms with Crippen LogP contribution in [0.3, 0.4) is 0 Å². The molecule has 2 aromatic carbocycles. The number of rotatable bonds is 6. The summed E-state index contributed by atoms with van der Waals surface area (Å²) < 4.78 is 13.8. The molecule has 0 spiro atoms. The highest BCUT2D eigenvalue weighted by Gasteiger charge is 2.22. The van der Waals surface area contributed by atoms with E-state index in [1.807, 2.05) is 0 Å². The molecule has 1 fully saturated rings. The van der Waals surface area contributed by atoms with Gasteiger partial charge in [0.05, 0.1) is 11.4 Å². The van der Waals surface area contributed by atoms with Gasteiger partial charge in [0, 0.05) is 44.3 Å². The summed E-state index contributed by atoms with van der Waals surface area (Å²) in [6.45, 7) is 7.68. The molecule has 8 heteroatoms. The normalized spacial score (nSPS) is 13.8. The van der Waals surface area contributed by atoms with Crippen LogP contribution in [0.2, 0.25) is 0 Å². The van der Waals surface area contributed by atoms with Gasteiger partial charge >= 0.3 is 0 Å². The molecule has 4 rings (SSSR count). The van der Waals surface area contributed by atoms with E-state index < -0.39 is 5.82 Å². The zero-order valence-corrected chi connectivity index (χ0v) is 19.0. The molecule has 2 heterocycles. The average molecular weight is 452 g/mol. The van der Waals surface area contributed by atoms with Crippen LogP contribution in [0.5, 0.6) is 0 Å². The van der Waals surface area contributed by atoms with Gasteiger partial charge in [-0.3, -0.25) is 4.79 Å². The van der Waals surface area contributed by atoms with Crippen LogP contribution in [-0.4, -0.2) is 47.8 Å². The summed E-state index contributed by atoms with van der Waals surface area (Å²) in [5.41, 5.74) is 4.00. The summed E-state index contributed by atoms with van der Waals surface area (Å²) in [4.78, 5) is 25.9. The number of hydrogen-bond donors (Lipinski definition) is 1.